The van der Waals surface area contributed by atoms with Crippen LogP contribution >= 0.6 is 0 Å². The Morgan fingerprint density at radius 2 is 2.05 bits per heavy atom. The molecule has 1 aromatic heterocycles. The van der Waals surface area contributed by atoms with E-state index in [0.717, 1.165) is 32.2 Å². The molecule has 0 aliphatic carbocycles. The van der Waals surface area contributed by atoms with E-state index in [0.29, 0.717) is 5.92 Å². The minimum absolute atomic E-state index is 0.549. The number of aromatic nitrogens is 1. The molecule has 1 fully saturated rings. The van der Waals surface area contributed by atoms with Gasteiger partial charge in [-0.15, -0.1) is 0 Å². The largest absolute Gasteiger partial charge is 0.381 e. The average Bonchev–Trinajstić information content (AvgIpc) is 2.92. The highest BCUT2D eigenvalue weighted by molar-refractivity contribution is 5.81. The molecule has 0 spiro atoms. The fraction of sp³-hybridized carbons (Fsp3) is 0.556. The Labute approximate surface area is 127 Å². The number of benzene rings is 1. The second-order valence-electron chi connectivity index (χ2n) is 6.49. The van der Waals surface area contributed by atoms with Crippen LogP contribution in [-0.2, 0) is 11.3 Å². The Morgan fingerprint density at radius 1 is 1.24 bits per heavy atom. The molecule has 1 saturated heterocycles. The predicted octanol–water partition coefficient (Wildman–Crippen LogP) is 3.81. The van der Waals surface area contributed by atoms with Crippen molar-refractivity contribution in [2.75, 3.05) is 19.8 Å². The third-order valence-electron chi connectivity index (χ3n) is 4.43. The van der Waals surface area contributed by atoms with E-state index in [-0.39, 0.29) is 0 Å². The van der Waals surface area contributed by atoms with Gasteiger partial charge in [-0.25, -0.2) is 0 Å². The highest BCUT2D eigenvalue weighted by atomic mass is 16.5. The number of hydrogen-bond acceptors (Lipinski definition) is 2. The zero-order valence-electron chi connectivity index (χ0n) is 13.1. The molecule has 1 aromatic carbocycles. The lowest BCUT2D eigenvalue weighted by Gasteiger charge is -2.22. The SMILES string of the molecule is CC(C)c1cc2ccc(CNCC3CCOCC3)cc2[nH]1. The summed E-state index contributed by atoms with van der Waals surface area (Å²) in [5, 5.41) is 4.91. The first-order valence-corrected chi connectivity index (χ1v) is 8.12. The molecule has 2 aromatic rings. The van der Waals surface area contributed by atoms with Gasteiger partial charge >= 0.3 is 0 Å². The van der Waals surface area contributed by atoms with Gasteiger partial charge in [-0.05, 0) is 54.3 Å². The van der Waals surface area contributed by atoms with Crippen LogP contribution in [0.4, 0.5) is 0 Å². The molecule has 3 nitrogen and oxygen atoms in total. The summed E-state index contributed by atoms with van der Waals surface area (Å²) in [6.07, 6.45) is 2.39. The quantitative estimate of drug-likeness (QED) is 0.877. The van der Waals surface area contributed by atoms with Crippen molar-refractivity contribution >= 4 is 10.9 Å². The predicted molar refractivity (Wildman–Crippen MR) is 87.6 cm³/mol. The molecule has 0 bridgehead atoms. The van der Waals surface area contributed by atoms with E-state index < -0.39 is 0 Å². The zero-order chi connectivity index (χ0) is 14.7. The summed E-state index contributed by atoms with van der Waals surface area (Å²) in [5.74, 6) is 1.33. The molecule has 1 aliphatic rings. The third-order valence-corrected chi connectivity index (χ3v) is 4.43. The normalized spacial score (nSPS) is 16.9. The van der Waals surface area contributed by atoms with Crippen LogP contribution < -0.4 is 5.32 Å². The van der Waals surface area contributed by atoms with Crippen molar-refractivity contribution in [3.63, 3.8) is 0 Å². The first-order valence-electron chi connectivity index (χ1n) is 8.12. The standard InChI is InChI=1S/C18H26N2O/c1-13(2)17-10-16-4-3-15(9-18(16)20-17)12-19-11-14-5-7-21-8-6-14/h3-4,9-10,13-14,19-20H,5-8,11-12H2,1-2H3. The van der Waals surface area contributed by atoms with Crippen LogP contribution in [0.1, 0.15) is 43.9 Å². The van der Waals surface area contributed by atoms with Crippen molar-refractivity contribution in [1.29, 1.82) is 0 Å². The van der Waals surface area contributed by atoms with Gasteiger partial charge in [-0.1, -0.05) is 26.0 Å². The molecule has 3 heteroatoms. The van der Waals surface area contributed by atoms with Crippen molar-refractivity contribution in [2.24, 2.45) is 5.92 Å². The van der Waals surface area contributed by atoms with Crippen molar-refractivity contribution in [2.45, 2.75) is 39.2 Å². The van der Waals surface area contributed by atoms with Gasteiger partial charge in [0.1, 0.15) is 0 Å². The molecule has 21 heavy (non-hydrogen) atoms. The summed E-state index contributed by atoms with van der Waals surface area (Å²) >= 11 is 0. The average molecular weight is 286 g/mol. The molecule has 0 atom stereocenters. The number of fused-ring (bicyclic) bond motifs is 1. The number of H-pyrrole nitrogens is 1. The van der Waals surface area contributed by atoms with Crippen LogP contribution in [0.2, 0.25) is 0 Å². The molecule has 0 unspecified atom stereocenters. The Bertz CT molecular complexity index is 582. The second kappa shape index (κ2) is 6.63. The van der Waals surface area contributed by atoms with E-state index in [1.165, 1.54) is 35.0 Å². The van der Waals surface area contributed by atoms with Gasteiger partial charge in [0.15, 0.2) is 0 Å². The van der Waals surface area contributed by atoms with Crippen molar-refractivity contribution in [3.05, 3.63) is 35.5 Å². The maximum Gasteiger partial charge on any atom is 0.0469 e. The zero-order valence-corrected chi connectivity index (χ0v) is 13.1. The van der Waals surface area contributed by atoms with Gasteiger partial charge in [0.2, 0.25) is 0 Å². The lowest BCUT2D eigenvalue weighted by atomic mass is 10.0. The van der Waals surface area contributed by atoms with E-state index in [1.54, 1.807) is 0 Å². The Hall–Kier alpha value is -1.32. The number of ether oxygens (including phenoxy) is 1. The minimum Gasteiger partial charge on any atom is -0.381 e. The van der Waals surface area contributed by atoms with Crippen molar-refractivity contribution in [1.82, 2.24) is 10.3 Å². The molecular formula is C18H26N2O. The number of nitrogens with one attached hydrogen (secondary N) is 2. The smallest absolute Gasteiger partial charge is 0.0469 e. The molecule has 0 radical (unpaired) electrons. The van der Waals surface area contributed by atoms with Crippen molar-refractivity contribution in [3.8, 4) is 0 Å². The van der Waals surface area contributed by atoms with Crippen LogP contribution in [0.5, 0.6) is 0 Å². The highest BCUT2D eigenvalue weighted by Gasteiger charge is 2.13. The van der Waals surface area contributed by atoms with Gasteiger partial charge in [0.05, 0.1) is 0 Å². The molecule has 0 saturated carbocycles. The van der Waals surface area contributed by atoms with Crippen molar-refractivity contribution < 1.29 is 4.74 Å². The Kier molecular flexibility index (Phi) is 4.61. The molecule has 114 valence electrons. The van der Waals surface area contributed by atoms with Crippen LogP contribution in [0, 0.1) is 5.92 Å². The molecule has 2 N–H and O–H groups in total. The summed E-state index contributed by atoms with van der Waals surface area (Å²) < 4.78 is 5.40. The number of hydrogen-bond donors (Lipinski definition) is 2. The van der Waals surface area contributed by atoms with E-state index >= 15 is 0 Å². The summed E-state index contributed by atoms with van der Waals surface area (Å²) in [5.41, 5.74) is 3.92. The monoisotopic (exact) mass is 286 g/mol. The fourth-order valence-electron chi connectivity index (χ4n) is 2.99. The topological polar surface area (TPSA) is 37.0 Å². The highest BCUT2D eigenvalue weighted by Crippen LogP contribution is 2.22. The Morgan fingerprint density at radius 3 is 2.81 bits per heavy atom. The van der Waals surface area contributed by atoms with E-state index in [1.807, 2.05) is 0 Å². The molecule has 3 rings (SSSR count). The molecular weight excluding hydrogens is 260 g/mol. The van der Waals surface area contributed by atoms with Gasteiger partial charge in [-0.3, -0.25) is 0 Å². The summed E-state index contributed by atoms with van der Waals surface area (Å²) in [7, 11) is 0. The molecule has 0 amide bonds. The maximum atomic E-state index is 5.40. The summed E-state index contributed by atoms with van der Waals surface area (Å²) in [4.78, 5) is 3.53. The van der Waals surface area contributed by atoms with Crippen LogP contribution in [0.25, 0.3) is 10.9 Å². The minimum atomic E-state index is 0.549. The van der Waals surface area contributed by atoms with Crippen LogP contribution in [-0.4, -0.2) is 24.7 Å². The third kappa shape index (κ3) is 3.66. The maximum absolute atomic E-state index is 5.40. The second-order valence-corrected chi connectivity index (χ2v) is 6.49. The summed E-state index contributed by atoms with van der Waals surface area (Å²) in [6.45, 7) is 8.35. The summed E-state index contributed by atoms with van der Waals surface area (Å²) in [6, 6.07) is 9.00. The Balaban J connectivity index is 1.58. The van der Waals surface area contributed by atoms with Gasteiger partial charge < -0.3 is 15.0 Å². The van der Waals surface area contributed by atoms with E-state index in [9.17, 15) is 0 Å². The van der Waals surface area contributed by atoms with Gasteiger partial charge in [0, 0.05) is 31.0 Å². The lowest BCUT2D eigenvalue weighted by molar-refractivity contribution is 0.0662. The lowest BCUT2D eigenvalue weighted by Crippen LogP contribution is -2.27. The van der Waals surface area contributed by atoms with Gasteiger partial charge in [-0.2, -0.15) is 0 Å². The fourth-order valence-corrected chi connectivity index (χ4v) is 2.99. The van der Waals surface area contributed by atoms with E-state index in [4.69, 9.17) is 4.74 Å². The first kappa shape index (κ1) is 14.6. The first-order chi connectivity index (χ1) is 10.2. The molecule has 2 heterocycles. The van der Waals surface area contributed by atoms with Crippen LogP contribution in [0.3, 0.4) is 0 Å². The van der Waals surface area contributed by atoms with E-state index in [2.05, 4.69) is 48.4 Å². The van der Waals surface area contributed by atoms with Gasteiger partial charge in [0.25, 0.3) is 0 Å². The number of aromatic amines is 1. The van der Waals surface area contributed by atoms with Crippen LogP contribution in [0.15, 0.2) is 24.3 Å². The number of rotatable bonds is 5. The molecule has 1 aliphatic heterocycles.